The van der Waals surface area contributed by atoms with Gasteiger partial charge in [-0.1, -0.05) is 35.5 Å². The molecule has 0 bridgehead atoms. The first-order valence-electron chi connectivity index (χ1n) is 6.88. The number of nitrogens with one attached hydrogen (secondary N) is 1. The van der Waals surface area contributed by atoms with Gasteiger partial charge in [-0.15, -0.1) is 0 Å². The molecule has 1 saturated heterocycles. The van der Waals surface area contributed by atoms with Gasteiger partial charge in [0.25, 0.3) is 0 Å². The van der Waals surface area contributed by atoms with E-state index in [4.69, 9.17) is 9.26 Å². The molecule has 21 heavy (non-hydrogen) atoms. The fourth-order valence-electron chi connectivity index (χ4n) is 2.41. The minimum Gasteiger partial charge on any atom is -0.477 e. The van der Waals surface area contributed by atoms with Crippen molar-refractivity contribution in [1.29, 1.82) is 0 Å². The Morgan fingerprint density at radius 3 is 2.62 bits per heavy atom. The molecule has 1 aromatic carbocycles. The average molecular weight is 288 g/mol. The number of rotatable bonds is 4. The minimum atomic E-state index is -1.05. The van der Waals surface area contributed by atoms with Crippen LogP contribution in [0.1, 0.15) is 23.2 Å². The fraction of sp³-hybridized carbons (Fsp3) is 0.333. The summed E-state index contributed by atoms with van der Waals surface area (Å²) >= 11 is 0. The molecule has 6 heteroatoms. The lowest BCUT2D eigenvalue weighted by atomic mass is 10.1. The monoisotopic (exact) mass is 288 g/mol. The summed E-state index contributed by atoms with van der Waals surface area (Å²) in [6, 6.07) is 9.27. The first kappa shape index (κ1) is 13.6. The lowest BCUT2D eigenvalue weighted by molar-refractivity contribution is 0.0698. The Morgan fingerprint density at radius 1 is 1.24 bits per heavy atom. The number of carbonyl (C=O) groups is 1. The molecule has 1 aromatic heterocycles. The van der Waals surface area contributed by atoms with E-state index < -0.39 is 5.97 Å². The van der Waals surface area contributed by atoms with E-state index in [9.17, 15) is 9.90 Å². The van der Waals surface area contributed by atoms with Crippen LogP contribution in [0.25, 0.3) is 11.3 Å². The van der Waals surface area contributed by atoms with Crippen LogP contribution in [0, 0.1) is 0 Å². The number of anilines is 1. The molecule has 110 valence electrons. The van der Waals surface area contributed by atoms with Crippen molar-refractivity contribution < 1.29 is 19.2 Å². The zero-order chi connectivity index (χ0) is 14.7. The molecule has 0 saturated carbocycles. The summed E-state index contributed by atoms with van der Waals surface area (Å²) in [4.78, 5) is 11.6. The topological polar surface area (TPSA) is 84.6 Å². The van der Waals surface area contributed by atoms with E-state index in [1.165, 1.54) is 0 Å². The Hall–Kier alpha value is -2.34. The molecule has 2 N–H and O–H groups in total. The molecule has 0 aliphatic carbocycles. The molecule has 1 aliphatic rings. The van der Waals surface area contributed by atoms with E-state index in [1.807, 2.05) is 18.2 Å². The van der Waals surface area contributed by atoms with Gasteiger partial charge < -0.3 is 19.7 Å². The van der Waals surface area contributed by atoms with Gasteiger partial charge in [-0.25, -0.2) is 4.79 Å². The molecule has 6 nitrogen and oxygen atoms in total. The Kier molecular flexibility index (Phi) is 3.87. The van der Waals surface area contributed by atoms with E-state index >= 15 is 0 Å². The minimum absolute atomic E-state index is 0.0766. The zero-order valence-corrected chi connectivity index (χ0v) is 11.4. The van der Waals surface area contributed by atoms with Gasteiger partial charge in [0, 0.05) is 24.8 Å². The highest BCUT2D eigenvalue weighted by Gasteiger charge is 2.26. The quantitative estimate of drug-likeness (QED) is 0.899. The van der Waals surface area contributed by atoms with Crippen LogP contribution in [0.3, 0.4) is 0 Å². The second kappa shape index (κ2) is 5.97. The number of nitrogens with zero attached hydrogens (tertiary/aromatic N) is 1. The number of carboxylic acid groups (broad SMARTS) is 1. The van der Waals surface area contributed by atoms with Crippen LogP contribution in [0.5, 0.6) is 0 Å². The van der Waals surface area contributed by atoms with Crippen molar-refractivity contribution in [2.75, 3.05) is 18.5 Å². The lowest BCUT2D eigenvalue weighted by Gasteiger charge is -2.22. The standard InChI is InChI=1S/C15H16N2O4/c18-15(19)12-13(10-4-2-1-3-5-10)21-17-14(12)16-11-6-8-20-9-7-11/h1-5,11H,6-9H2,(H,16,17)(H,18,19). The molecular weight excluding hydrogens is 272 g/mol. The third kappa shape index (κ3) is 2.90. The Balaban J connectivity index is 1.91. The first-order chi connectivity index (χ1) is 10.3. The molecule has 2 heterocycles. The number of aromatic nitrogens is 1. The van der Waals surface area contributed by atoms with Crippen molar-refractivity contribution in [3.63, 3.8) is 0 Å². The number of aromatic carboxylic acids is 1. The van der Waals surface area contributed by atoms with Crippen molar-refractivity contribution in [2.45, 2.75) is 18.9 Å². The molecule has 2 aromatic rings. The van der Waals surface area contributed by atoms with Crippen molar-refractivity contribution in [3.05, 3.63) is 35.9 Å². The molecular formula is C15H16N2O4. The molecule has 0 amide bonds. The summed E-state index contributed by atoms with van der Waals surface area (Å²) in [5.41, 5.74) is 0.773. The van der Waals surface area contributed by atoms with Crippen molar-refractivity contribution >= 4 is 11.8 Å². The first-order valence-corrected chi connectivity index (χ1v) is 6.88. The van der Waals surface area contributed by atoms with Gasteiger partial charge in [-0.2, -0.15) is 0 Å². The van der Waals surface area contributed by atoms with E-state index in [2.05, 4.69) is 10.5 Å². The van der Waals surface area contributed by atoms with E-state index in [0.29, 0.717) is 18.8 Å². The largest absolute Gasteiger partial charge is 0.477 e. The van der Waals surface area contributed by atoms with Gasteiger partial charge in [-0.3, -0.25) is 0 Å². The molecule has 0 unspecified atom stereocenters. The zero-order valence-electron chi connectivity index (χ0n) is 11.4. The number of hydrogen-bond acceptors (Lipinski definition) is 5. The summed E-state index contributed by atoms with van der Waals surface area (Å²) in [5, 5.41) is 16.5. The van der Waals surface area contributed by atoms with Crippen molar-refractivity contribution in [2.24, 2.45) is 0 Å². The van der Waals surface area contributed by atoms with Crippen molar-refractivity contribution in [3.8, 4) is 11.3 Å². The van der Waals surface area contributed by atoms with E-state index in [-0.39, 0.29) is 23.2 Å². The average Bonchev–Trinajstić information content (AvgIpc) is 2.93. The summed E-state index contributed by atoms with van der Waals surface area (Å²) in [7, 11) is 0. The molecule has 0 spiro atoms. The molecule has 1 aliphatic heterocycles. The summed E-state index contributed by atoms with van der Waals surface area (Å²) in [6.45, 7) is 1.34. The van der Waals surface area contributed by atoms with Crippen LogP contribution in [-0.4, -0.2) is 35.5 Å². The lowest BCUT2D eigenvalue weighted by Crippen LogP contribution is -2.28. The third-order valence-electron chi connectivity index (χ3n) is 3.50. The highest BCUT2D eigenvalue weighted by atomic mass is 16.5. The van der Waals surface area contributed by atoms with E-state index in [0.717, 1.165) is 12.8 Å². The van der Waals surface area contributed by atoms with Gasteiger partial charge >= 0.3 is 5.97 Å². The highest BCUT2D eigenvalue weighted by molar-refractivity contribution is 5.99. The summed E-state index contributed by atoms with van der Waals surface area (Å²) in [6.07, 6.45) is 1.65. The number of benzene rings is 1. The van der Waals surface area contributed by atoms with Gasteiger partial charge in [0.05, 0.1) is 0 Å². The maximum atomic E-state index is 11.6. The molecule has 0 radical (unpaired) electrons. The van der Waals surface area contributed by atoms with Crippen molar-refractivity contribution in [1.82, 2.24) is 5.16 Å². The van der Waals surface area contributed by atoms with Crippen LogP contribution in [0.2, 0.25) is 0 Å². The Bertz CT molecular complexity index is 618. The van der Waals surface area contributed by atoms with Crippen LogP contribution < -0.4 is 5.32 Å². The molecule has 1 fully saturated rings. The van der Waals surface area contributed by atoms with Crippen LogP contribution >= 0.6 is 0 Å². The Morgan fingerprint density at radius 2 is 1.95 bits per heavy atom. The predicted octanol–water partition coefficient (Wildman–Crippen LogP) is 2.63. The predicted molar refractivity (Wildman–Crippen MR) is 76.4 cm³/mol. The second-order valence-corrected chi connectivity index (χ2v) is 4.94. The van der Waals surface area contributed by atoms with Gasteiger partial charge in [0.1, 0.15) is 0 Å². The fourth-order valence-corrected chi connectivity index (χ4v) is 2.41. The van der Waals surface area contributed by atoms with Crippen LogP contribution in [-0.2, 0) is 4.74 Å². The smallest absolute Gasteiger partial charge is 0.343 e. The maximum absolute atomic E-state index is 11.6. The van der Waals surface area contributed by atoms with Crippen LogP contribution in [0.4, 0.5) is 5.82 Å². The van der Waals surface area contributed by atoms with Gasteiger partial charge in [-0.05, 0) is 12.8 Å². The van der Waals surface area contributed by atoms with Gasteiger partial charge in [0.2, 0.25) is 0 Å². The molecule has 3 rings (SSSR count). The highest BCUT2D eigenvalue weighted by Crippen LogP contribution is 2.30. The normalized spacial score (nSPS) is 15.8. The maximum Gasteiger partial charge on any atom is 0.343 e. The SMILES string of the molecule is O=C(O)c1c(NC2CCOCC2)noc1-c1ccccc1. The number of ether oxygens (including phenoxy) is 1. The molecule has 0 atom stereocenters. The summed E-state index contributed by atoms with van der Waals surface area (Å²) < 4.78 is 10.5. The van der Waals surface area contributed by atoms with E-state index in [1.54, 1.807) is 12.1 Å². The third-order valence-corrected chi connectivity index (χ3v) is 3.50. The summed E-state index contributed by atoms with van der Waals surface area (Å²) in [5.74, 6) is -0.490. The number of hydrogen-bond donors (Lipinski definition) is 2. The second-order valence-electron chi connectivity index (χ2n) is 4.94. The number of carboxylic acids is 1. The van der Waals surface area contributed by atoms with Crippen LogP contribution in [0.15, 0.2) is 34.9 Å². The Labute approximate surface area is 121 Å². The van der Waals surface area contributed by atoms with Gasteiger partial charge in [0.15, 0.2) is 17.1 Å².